The van der Waals surface area contributed by atoms with Crippen molar-refractivity contribution in [3.63, 3.8) is 0 Å². The first-order valence-corrected chi connectivity index (χ1v) is 5.41. The Bertz CT molecular complexity index is 309. The molecule has 0 spiro atoms. The van der Waals surface area contributed by atoms with E-state index in [1.807, 2.05) is 18.2 Å². The van der Waals surface area contributed by atoms with Gasteiger partial charge in [0, 0.05) is 0 Å². The molecule has 0 saturated carbocycles. The summed E-state index contributed by atoms with van der Waals surface area (Å²) in [5, 5.41) is 0. The Kier molecular flexibility index (Phi) is 2.81. The van der Waals surface area contributed by atoms with Crippen LogP contribution in [-0.2, 0) is 9.47 Å². The summed E-state index contributed by atoms with van der Waals surface area (Å²) in [5.41, 5.74) is 1.07. The second-order valence-corrected chi connectivity index (χ2v) is 4.93. The Labute approximate surface area is 91.2 Å². The molecule has 2 nitrogen and oxygen atoms in total. The lowest BCUT2D eigenvalue weighted by atomic mass is 10.1. The highest BCUT2D eigenvalue weighted by atomic mass is 16.6. The molecular weight excluding hydrogens is 188 g/mol. The summed E-state index contributed by atoms with van der Waals surface area (Å²) in [6.07, 6.45) is 0.317. The Morgan fingerprint density at radius 2 is 1.87 bits per heavy atom. The fourth-order valence-electron chi connectivity index (χ4n) is 1.61. The quantitative estimate of drug-likeness (QED) is 0.709. The van der Waals surface area contributed by atoms with Crippen LogP contribution in [0.5, 0.6) is 0 Å². The van der Waals surface area contributed by atoms with Crippen LogP contribution in [0.1, 0.15) is 32.4 Å². The molecule has 0 bridgehead atoms. The van der Waals surface area contributed by atoms with Crippen LogP contribution in [0.15, 0.2) is 30.3 Å². The predicted molar refractivity (Wildman–Crippen MR) is 59.8 cm³/mol. The highest BCUT2D eigenvalue weighted by Gasteiger charge is 2.37. The summed E-state index contributed by atoms with van der Waals surface area (Å²) < 4.78 is 11.4. The molecule has 2 heteroatoms. The first-order chi connectivity index (χ1) is 7.06. The van der Waals surface area contributed by atoms with Crippen molar-refractivity contribution in [2.75, 3.05) is 6.61 Å². The number of epoxide rings is 1. The molecule has 15 heavy (non-hydrogen) atoms. The van der Waals surface area contributed by atoms with E-state index in [4.69, 9.17) is 9.47 Å². The third-order valence-electron chi connectivity index (χ3n) is 2.31. The average Bonchev–Trinajstić information content (AvgIpc) is 2.97. The molecule has 2 unspecified atom stereocenters. The van der Waals surface area contributed by atoms with Crippen molar-refractivity contribution < 1.29 is 9.47 Å². The van der Waals surface area contributed by atoms with Crippen molar-refractivity contribution >= 4 is 0 Å². The lowest BCUT2D eigenvalue weighted by Crippen LogP contribution is -2.25. The second kappa shape index (κ2) is 3.95. The molecule has 2 rings (SSSR count). The number of hydrogen-bond donors (Lipinski definition) is 0. The van der Waals surface area contributed by atoms with Gasteiger partial charge in [0.1, 0.15) is 12.2 Å². The molecule has 0 amide bonds. The van der Waals surface area contributed by atoms with Gasteiger partial charge in [0.25, 0.3) is 0 Å². The molecule has 0 aliphatic carbocycles. The Morgan fingerprint density at radius 3 is 2.33 bits per heavy atom. The highest BCUT2D eigenvalue weighted by molar-refractivity contribution is 5.20. The van der Waals surface area contributed by atoms with Gasteiger partial charge in [0.15, 0.2) is 0 Å². The van der Waals surface area contributed by atoms with Crippen LogP contribution in [0.3, 0.4) is 0 Å². The number of hydrogen-bond acceptors (Lipinski definition) is 2. The molecule has 1 aliphatic rings. The molecule has 1 fully saturated rings. The first kappa shape index (κ1) is 10.7. The third-order valence-corrected chi connectivity index (χ3v) is 2.31. The summed E-state index contributed by atoms with van der Waals surface area (Å²) in [7, 11) is 0. The topological polar surface area (TPSA) is 21.8 Å². The van der Waals surface area contributed by atoms with E-state index in [-0.39, 0.29) is 17.8 Å². The van der Waals surface area contributed by atoms with Crippen LogP contribution in [0.25, 0.3) is 0 Å². The van der Waals surface area contributed by atoms with Gasteiger partial charge in [-0.3, -0.25) is 0 Å². The van der Waals surface area contributed by atoms with Crippen LogP contribution < -0.4 is 0 Å². The van der Waals surface area contributed by atoms with Crippen LogP contribution in [0.4, 0.5) is 0 Å². The van der Waals surface area contributed by atoms with Crippen molar-refractivity contribution in [2.24, 2.45) is 0 Å². The minimum atomic E-state index is -0.132. The van der Waals surface area contributed by atoms with Gasteiger partial charge >= 0.3 is 0 Å². The van der Waals surface area contributed by atoms with E-state index in [1.165, 1.54) is 5.56 Å². The second-order valence-electron chi connectivity index (χ2n) is 4.93. The van der Waals surface area contributed by atoms with Crippen molar-refractivity contribution in [3.8, 4) is 0 Å². The molecule has 2 atom stereocenters. The summed E-state index contributed by atoms with van der Waals surface area (Å²) >= 11 is 0. The molecule has 0 radical (unpaired) electrons. The lowest BCUT2D eigenvalue weighted by molar-refractivity contribution is -0.0724. The molecule has 1 aliphatic heterocycles. The Balaban J connectivity index is 2.13. The molecule has 1 aromatic rings. The van der Waals surface area contributed by atoms with Gasteiger partial charge in [0.05, 0.1) is 12.2 Å². The fraction of sp³-hybridized carbons (Fsp3) is 0.538. The Morgan fingerprint density at radius 1 is 1.27 bits per heavy atom. The van der Waals surface area contributed by atoms with Crippen molar-refractivity contribution in [1.82, 2.24) is 0 Å². The zero-order valence-electron chi connectivity index (χ0n) is 9.57. The first-order valence-electron chi connectivity index (χ1n) is 5.41. The molecule has 1 heterocycles. The molecule has 1 aromatic carbocycles. The van der Waals surface area contributed by atoms with E-state index in [9.17, 15) is 0 Å². The number of benzene rings is 1. The van der Waals surface area contributed by atoms with Crippen LogP contribution in [-0.4, -0.2) is 18.3 Å². The standard InChI is InChI=1S/C13H18O2/c1-13(2,3)15-12(11-9-14-11)10-7-5-4-6-8-10/h4-8,11-12H,9H2,1-3H3. The third kappa shape index (κ3) is 3.05. The van der Waals surface area contributed by atoms with Crippen LogP contribution in [0.2, 0.25) is 0 Å². The predicted octanol–water partition coefficient (Wildman–Crippen LogP) is 2.94. The smallest absolute Gasteiger partial charge is 0.112 e. The van der Waals surface area contributed by atoms with Gasteiger partial charge in [-0.25, -0.2) is 0 Å². The molecular formula is C13H18O2. The van der Waals surface area contributed by atoms with Crippen LogP contribution in [0, 0.1) is 0 Å². The van der Waals surface area contributed by atoms with Gasteiger partial charge in [-0.1, -0.05) is 30.3 Å². The van der Waals surface area contributed by atoms with Crippen LogP contribution >= 0.6 is 0 Å². The molecule has 82 valence electrons. The number of ether oxygens (including phenoxy) is 2. The minimum Gasteiger partial charge on any atom is -0.370 e. The molecule has 0 aromatic heterocycles. The largest absolute Gasteiger partial charge is 0.370 e. The number of rotatable bonds is 3. The zero-order valence-corrected chi connectivity index (χ0v) is 9.57. The molecule has 1 saturated heterocycles. The lowest BCUT2D eigenvalue weighted by Gasteiger charge is -2.26. The van der Waals surface area contributed by atoms with Gasteiger partial charge in [0.2, 0.25) is 0 Å². The maximum atomic E-state index is 6.02. The summed E-state index contributed by atoms with van der Waals surface area (Å²) in [4.78, 5) is 0. The van der Waals surface area contributed by atoms with Crippen molar-refractivity contribution in [2.45, 2.75) is 38.6 Å². The van der Waals surface area contributed by atoms with Gasteiger partial charge in [-0.05, 0) is 26.3 Å². The van der Waals surface area contributed by atoms with E-state index >= 15 is 0 Å². The maximum absolute atomic E-state index is 6.02. The summed E-state index contributed by atoms with van der Waals surface area (Å²) in [6.45, 7) is 7.04. The summed E-state index contributed by atoms with van der Waals surface area (Å²) in [5.74, 6) is 0. The van der Waals surface area contributed by atoms with Crippen molar-refractivity contribution in [3.05, 3.63) is 35.9 Å². The van der Waals surface area contributed by atoms with E-state index in [0.717, 1.165) is 6.61 Å². The zero-order chi connectivity index (χ0) is 10.9. The maximum Gasteiger partial charge on any atom is 0.112 e. The SMILES string of the molecule is CC(C)(C)OC(c1ccccc1)C1CO1. The van der Waals surface area contributed by atoms with E-state index in [2.05, 4.69) is 32.9 Å². The summed E-state index contributed by atoms with van der Waals surface area (Å²) in [6, 6.07) is 10.3. The molecule has 0 N–H and O–H groups in total. The van der Waals surface area contributed by atoms with Gasteiger partial charge in [-0.2, -0.15) is 0 Å². The van der Waals surface area contributed by atoms with Crippen molar-refractivity contribution in [1.29, 1.82) is 0 Å². The van der Waals surface area contributed by atoms with E-state index in [0.29, 0.717) is 0 Å². The fourth-order valence-corrected chi connectivity index (χ4v) is 1.61. The average molecular weight is 206 g/mol. The normalized spacial score (nSPS) is 22.5. The van der Waals surface area contributed by atoms with Gasteiger partial charge < -0.3 is 9.47 Å². The van der Waals surface area contributed by atoms with Gasteiger partial charge in [-0.15, -0.1) is 0 Å². The minimum absolute atomic E-state index is 0.0752. The van der Waals surface area contributed by atoms with E-state index in [1.54, 1.807) is 0 Å². The highest BCUT2D eigenvalue weighted by Crippen LogP contribution is 2.34. The van der Waals surface area contributed by atoms with E-state index < -0.39 is 0 Å². The Hall–Kier alpha value is -0.860. The monoisotopic (exact) mass is 206 g/mol.